The summed E-state index contributed by atoms with van der Waals surface area (Å²) in [7, 11) is -1.01. The molecule has 0 saturated carbocycles. The average molecular weight is 282 g/mol. The smallest absolute Gasteiger partial charge is 0.229 e. The van der Waals surface area contributed by atoms with Crippen LogP contribution in [0.1, 0.15) is 18.4 Å². The number of hydrogen-bond donors (Lipinski definition) is 1. The third-order valence-corrected chi connectivity index (χ3v) is 4.23. The minimum absolute atomic E-state index is 0.634. The van der Waals surface area contributed by atoms with Crippen molar-refractivity contribution in [3.63, 3.8) is 0 Å². The number of hydrogen-bond acceptors (Lipinski definition) is 3. The summed E-state index contributed by atoms with van der Waals surface area (Å²) in [6.45, 7) is 2.36. The van der Waals surface area contributed by atoms with Crippen LogP contribution in [-0.2, 0) is 16.4 Å². The maximum atomic E-state index is 11.1. The first-order valence-electron chi connectivity index (χ1n) is 6.68. The Morgan fingerprint density at radius 1 is 1.21 bits per heavy atom. The number of anilines is 1. The summed E-state index contributed by atoms with van der Waals surface area (Å²) in [5.41, 5.74) is 1.92. The van der Waals surface area contributed by atoms with E-state index in [2.05, 4.69) is 16.7 Å². The molecule has 1 heterocycles. The minimum atomic E-state index is -3.18. The molecule has 1 N–H and O–H groups in total. The average Bonchev–Trinajstić information content (AvgIpc) is 2.33. The van der Waals surface area contributed by atoms with Crippen LogP contribution in [0.4, 0.5) is 5.69 Å². The Morgan fingerprint density at radius 3 is 2.32 bits per heavy atom. The maximum absolute atomic E-state index is 11.1. The van der Waals surface area contributed by atoms with E-state index < -0.39 is 10.0 Å². The number of nitrogens with zero attached hydrogens (tertiary/aromatic N) is 1. The van der Waals surface area contributed by atoms with E-state index in [-0.39, 0.29) is 0 Å². The minimum Gasteiger partial charge on any atom is -0.306 e. The van der Waals surface area contributed by atoms with E-state index in [0.717, 1.165) is 12.3 Å². The van der Waals surface area contributed by atoms with Crippen LogP contribution >= 0.6 is 0 Å². The fourth-order valence-electron chi connectivity index (χ4n) is 2.52. The summed E-state index contributed by atoms with van der Waals surface area (Å²) in [6.07, 6.45) is 4.76. The molecule has 0 aromatic heterocycles. The molecule has 0 aliphatic carbocycles. The Balaban J connectivity index is 1.92. The van der Waals surface area contributed by atoms with E-state index in [1.165, 1.54) is 37.8 Å². The molecule has 1 aliphatic rings. The molecule has 0 unspecified atom stereocenters. The van der Waals surface area contributed by atoms with Crippen LogP contribution in [0.25, 0.3) is 0 Å². The third kappa shape index (κ3) is 4.84. The molecule has 0 radical (unpaired) electrons. The summed E-state index contributed by atoms with van der Waals surface area (Å²) in [4.78, 5) is 2.37. The molecule has 1 fully saturated rings. The Kier molecular flexibility index (Phi) is 4.47. The van der Waals surface area contributed by atoms with Gasteiger partial charge in [-0.15, -0.1) is 0 Å². The van der Waals surface area contributed by atoms with Crippen LogP contribution in [-0.4, -0.2) is 39.7 Å². The van der Waals surface area contributed by atoms with E-state index in [9.17, 15) is 8.42 Å². The van der Waals surface area contributed by atoms with Gasteiger partial charge in [-0.1, -0.05) is 12.1 Å². The molecule has 2 rings (SSSR count). The van der Waals surface area contributed by atoms with Gasteiger partial charge in [0.25, 0.3) is 0 Å². The van der Waals surface area contributed by atoms with Crippen molar-refractivity contribution < 1.29 is 8.42 Å². The Morgan fingerprint density at radius 2 is 1.79 bits per heavy atom. The maximum Gasteiger partial charge on any atom is 0.229 e. The van der Waals surface area contributed by atoms with Gasteiger partial charge in [0.1, 0.15) is 0 Å². The number of benzene rings is 1. The quantitative estimate of drug-likeness (QED) is 0.918. The molecule has 1 aromatic carbocycles. The highest BCUT2D eigenvalue weighted by molar-refractivity contribution is 7.92. The van der Waals surface area contributed by atoms with Gasteiger partial charge in [-0.2, -0.15) is 0 Å². The Hall–Kier alpha value is -1.07. The number of rotatable bonds is 4. The number of likely N-dealkylation sites (tertiary alicyclic amines) is 1. The SMILES string of the molecule is CN1CCC(Cc2ccc(NS(C)(=O)=O)cc2)CC1. The molecule has 5 heteroatoms. The fourth-order valence-corrected chi connectivity index (χ4v) is 3.09. The lowest BCUT2D eigenvalue weighted by molar-refractivity contribution is 0.219. The van der Waals surface area contributed by atoms with Crippen LogP contribution in [0.5, 0.6) is 0 Å². The highest BCUT2D eigenvalue weighted by Gasteiger charge is 2.16. The summed E-state index contributed by atoms with van der Waals surface area (Å²) < 4.78 is 24.7. The second-order valence-electron chi connectivity index (χ2n) is 5.52. The molecular formula is C14H22N2O2S. The Labute approximate surface area is 115 Å². The van der Waals surface area contributed by atoms with Crippen LogP contribution < -0.4 is 4.72 Å². The molecule has 1 aliphatic heterocycles. The van der Waals surface area contributed by atoms with Gasteiger partial charge in [0.05, 0.1) is 6.26 Å². The van der Waals surface area contributed by atoms with Gasteiger partial charge in [-0.05, 0) is 63.0 Å². The van der Waals surface area contributed by atoms with Crippen molar-refractivity contribution in [1.29, 1.82) is 0 Å². The van der Waals surface area contributed by atoms with Crippen LogP contribution in [0.2, 0.25) is 0 Å². The molecule has 106 valence electrons. The number of piperidine rings is 1. The Bertz CT molecular complexity index is 503. The summed E-state index contributed by atoms with van der Waals surface area (Å²) in [6, 6.07) is 7.72. The molecule has 1 saturated heterocycles. The lowest BCUT2D eigenvalue weighted by Gasteiger charge is -2.28. The standard InChI is InChI=1S/C14H22N2O2S/c1-16-9-7-13(8-10-16)11-12-3-5-14(6-4-12)15-19(2,17)18/h3-6,13,15H,7-11H2,1-2H3. The summed E-state index contributed by atoms with van der Waals surface area (Å²) >= 11 is 0. The molecule has 0 bridgehead atoms. The van der Waals surface area contributed by atoms with Crippen LogP contribution in [0.3, 0.4) is 0 Å². The van der Waals surface area contributed by atoms with Crippen molar-refractivity contribution in [2.24, 2.45) is 5.92 Å². The zero-order valence-corrected chi connectivity index (χ0v) is 12.4. The summed E-state index contributed by atoms with van der Waals surface area (Å²) in [5.74, 6) is 0.755. The van der Waals surface area contributed by atoms with Crippen molar-refractivity contribution in [2.45, 2.75) is 19.3 Å². The zero-order chi connectivity index (χ0) is 13.9. The number of sulfonamides is 1. The fraction of sp³-hybridized carbons (Fsp3) is 0.571. The van der Waals surface area contributed by atoms with E-state index >= 15 is 0 Å². The van der Waals surface area contributed by atoms with Crippen molar-refractivity contribution in [3.05, 3.63) is 29.8 Å². The van der Waals surface area contributed by atoms with Crippen LogP contribution in [0, 0.1) is 5.92 Å². The van der Waals surface area contributed by atoms with E-state index in [1.54, 1.807) is 0 Å². The number of nitrogens with one attached hydrogen (secondary N) is 1. The molecule has 0 spiro atoms. The van der Waals surface area contributed by atoms with Gasteiger partial charge in [0.15, 0.2) is 0 Å². The first kappa shape index (κ1) is 14.3. The summed E-state index contributed by atoms with van der Waals surface area (Å²) in [5, 5.41) is 0. The topological polar surface area (TPSA) is 49.4 Å². The van der Waals surface area contributed by atoms with Gasteiger partial charge >= 0.3 is 0 Å². The zero-order valence-electron chi connectivity index (χ0n) is 11.6. The second kappa shape index (κ2) is 5.92. The lowest BCUT2D eigenvalue weighted by atomic mass is 9.90. The highest BCUT2D eigenvalue weighted by Crippen LogP contribution is 2.21. The van der Waals surface area contributed by atoms with Crippen molar-refractivity contribution in [1.82, 2.24) is 4.90 Å². The largest absolute Gasteiger partial charge is 0.306 e. The molecular weight excluding hydrogens is 260 g/mol. The van der Waals surface area contributed by atoms with Crippen molar-refractivity contribution >= 4 is 15.7 Å². The van der Waals surface area contributed by atoms with Gasteiger partial charge < -0.3 is 4.90 Å². The van der Waals surface area contributed by atoms with E-state index in [1.807, 2.05) is 24.3 Å². The van der Waals surface area contributed by atoms with Gasteiger partial charge in [0, 0.05) is 5.69 Å². The van der Waals surface area contributed by atoms with Crippen LogP contribution in [0.15, 0.2) is 24.3 Å². The predicted molar refractivity (Wildman–Crippen MR) is 78.8 cm³/mol. The first-order valence-corrected chi connectivity index (χ1v) is 8.57. The normalized spacial score (nSPS) is 18.4. The highest BCUT2D eigenvalue weighted by atomic mass is 32.2. The molecule has 1 aromatic rings. The predicted octanol–water partition coefficient (Wildman–Crippen LogP) is 1.94. The first-order chi connectivity index (χ1) is 8.92. The van der Waals surface area contributed by atoms with Crippen molar-refractivity contribution in [2.75, 3.05) is 31.1 Å². The second-order valence-corrected chi connectivity index (χ2v) is 7.27. The van der Waals surface area contributed by atoms with Gasteiger partial charge in [-0.3, -0.25) is 4.72 Å². The van der Waals surface area contributed by atoms with E-state index in [0.29, 0.717) is 5.69 Å². The molecule has 19 heavy (non-hydrogen) atoms. The van der Waals surface area contributed by atoms with Gasteiger partial charge in [-0.25, -0.2) is 8.42 Å². The molecule has 0 atom stereocenters. The molecule has 0 amide bonds. The monoisotopic (exact) mass is 282 g/mol. The third-order valence-electron chi connectivity index (χ3n) is 3.62. The van der Waals surface area contributed by atoms with Crippen molar-refractivity contribution in [3.8, 4) is 0 Å². The molecule has 4 nitrogen and oxygen atoms in total. The van der Waals surface area contributed by atoms with E-state index in [4.69, 9.17) is 0 Å². The lowest BCUT2D eigenvalue weighted by Crippen LogP contribution is -2.30. The van der Waals surface area contributed by atoms with Gasteiger partial charge in [0.2, 0.25) is 10.0 Å².